The molecule has 51 heavy (non-hydrogen) atoms. The minimum absolute atomic E-state index is 0.558. The molecule has 0 aliphatic carbocycles. The van der Waals surface area contributed by atoms with Crippen LogP contribution in [0.1, 0.15) is 11.4 Å². The second-order valence-corrected chi connectivity index (χ2v) is 12.7. The van der Waals surface area contributed by atoms with Crippen molar-refractivity contribution in [2.24, 2.45) is 0 Å². The number of hydrogen-bond donors (Lipinski definition) is 0. The molecule has 6 aromatic carbocycles. The van der Waals surface area contributed by atoms with Crippen molar-refractivity contribution in [1.82, 2.24) is 19.9 Å². The van der Waals surface area contributed by atoms with Crippen molar-refractivity contribution in [3.05, 3.63) is 169 Å². The quantitative estimate of drug-likeness (QED) is 0.178. The number of hydrogen-bond acceptors (Lipinski definition) is 5. The van der Waals surface area contributed by atoms with Crippen LogP contribution in [0.5, 0.6) is 0 Å². The molecule has 0 unspecified atom stereocenters. The lowest BCUT2D eigenvalue weighted by Crippen LogP contribution is -2.04. The molecule has 5 nitrogen and oxygen atoms in total. The highest BCUT2D eigenvalue weighted by Crippen LogP contribution is 2.43. The molecule has 3 aromatic heterocycles. The summed E-state index contributed by atoms with van der Waals surface area (Å²) >= 11 is 0. The van der Waals surface area contributed by atoms with Gasteiger partial charge < -0.3 is 4.42 Å². The molecule has 9 rings (SSSR count). The summed E-state index contributed by atoms with van der Waals surface area (Å²) in [5.74, 6) is 1.70. The topological polar surface area (TPSA) is 64.7 Å². The first-order valence-electron chi connectivity index (χ1n) is 17.1. The molecule has 5 heteroatoms. The van der Waals surface area contributed by atoms with Gasteiger partial charge >= 0.3 is 0 Å². The summed E-state index contributed by atoms with van der Waals surface area (Å²) in [5, 5.41) is 2.13. The molecule has 9 aromatic rings. The molecule has 3 heterocycles. The van der Waals surface area contributed by atoms with Crippen LogP contribution < -0.4 is 0 Å². The lowest BCUT2D eigenvalue weighted by molar-refractivity contribution is 0.669. The van der Waals surface area contributed by atoms with E-state index in [2.05, 4.69) is 109 Å². The smallest absolute Gasteiger partial charge is 0.165 e. The monoisotopic (exact) mass is 656 g/mol. The van der Waals surface area contributed by atoms with E-state index in [9.17, 15) is 0 Å². The van der Waals surface area contributed by atoms with E-state index in [0.29, 0.717) is 17.5 Å². The van der Waals surface area contributed by atoms with Gasteiger partial charge in [-0.3, -0.25) is 4.98 Å². The molecular weight excluding hydrogens is 625 g/mol. The van der Waals surface area contributed by atoms with Crippen molar-refractivity contribution in [2.75, 3.05) is 0 Å². The maximum atomic E-state index is 6.30. The Kier molecular flexibility index (Phi) is 7.51. The van der Waals surface area contributed by atoms with Gasteiger partial charge in [0.2, 0.25) is 0 Å². The molecule has 0 fully saturated rings. The summed E-state index contributed by atoms with van der Waals surface area (Å²) in [5.41, 5.74) is 12.5. The molecule has 0 saturated heterocycles. The zero-order valence-corrected chi connectivity index (χ0v) is 28.2. The summed E-state index contributed by atoms with van der Waals surface area (Å²) in [4.78, 5) is 20.5. The minimum Gasteiger partial charge on any atom is -0.456 e. The first kappa shape index (κ1) is 30.3. The SMILES string of the molecule is Cc1ccc(-c2nc(-c3ccc4c(c3)oc3ccccc34)nc(-c3c(-c4ccccc4)cc(-c4ccccc4)cc3-c3ccccc3)n2)c(C)n1. The van der Waals surface area contributed by atoms with Crippen molar-refractivity contribution in [2.45, 2.75) is 13.8 Å². The van der Waals surface area contributed by atoms with E-state index < -0.39 is 0 Å². The third-order valence-electron chi connectivity index (χ3n) is 9.38. The average Bonchev–Trinajstić information content (AvgIpc) is 3.56. The Morgan fingerprint density at radius 2 is 0.941 bits per heavy atom. The molecule has 242 valence electrons. The predicted octanol–water partition coefficient (Wildman–Crippen LogP) is 11.8. The average molecular weight is 657 g/mol. The van der Waals surface area contributed by atoms with Gasteiger partial charge in [0.15, 0.2) is 17.5 Å². The van der Waals surface area contributed by atoms with Crippen LogP contribution in [0.15, 0.2) is 162 Å². The fraction of sp³-hybridized carbons (Fsp3) is 0.0435. The third-order valence-corrected chi connectivity index (χ3v) is 9.38. The standard InChI is InChI=1S/C46H32N4O/c1-29-22-24-36(30(2)47-29)45-48-44(34-23-25-38-37-20-12-13-21-41(37)51-42(38)28-34)49-46(50-45)43-39(32-16-8-4-9-17-32)26-35(31-14-6-3-7-15-31)27-40(43)33-18-10-5-11-19-33/h3-28H,1-2H3. The molecule has 0 bridgehead atoms. The fourth-order valence-corrected chi connectivity index (χ4v) is 6.90. The summed E-state index contributed by atoms with van der Waals surface area (Å²) in [6.45, 7) is 4.00. The number of benzene rings is 6. The van der Waals surface area contributed by atoms with Gasteiger partial charge in [-0.25, -0.2) is 15.0 Å². The van der Waals surface area contributed by atoms with Crippen molar-refractivity contribution in [3.63, 3.8) is 0 Å². The van der Waals surface area contributed by atoms with E-state index in [4.69, 9.17) is 24.4 Å². The summed E-state index contributed by atoms with van der Waals surface area (Å²) in [6.07, 6.45) is 0. The maximum absolute atomic E-state index is 6.30. The molecule has 0 atom stereocenters. The van der Waals surface area contributed by atoms with Crippen molar-refractivity contribution in [1.29, 1.82) is 0 Å². The number of rotatable bonds is 6. The van der Waals surface area contributed by atoms with E-state index in [1.165, 1.54) is 0 Å². The third kappa shape index (κ3) is 5.65. The first-order valence-corrected chi connectivity index (χ1v) is 17.1. The number of furan rings is 1. The van der Waals surface area contributed by atoms with Crippen LogP contribution in [-0.2, 0) is 0 Å². The van der Waals surface area contributed by atoms with Crippen LogP contribution in [0.25, 0.3) is 89.5 Å². The molecule has 0 saturated carbocycles. The fourth-order valence-electron chi connectivity index (χ4n) is 6.90. The highest BCUT2D eigenvalue weighted by Gasteiger charge is 2.22. The van der Waals surface area contributed by atoms with Gasteiger partial charge in [0.25, 0.3) is 0 Å². The normalized spacial score (nSPS) is 11.3. The number of para-hydroxylation sites is 1. The van der Waals surface area contributed by atoms with Crippen LogP contribution >= 0.6 is 0 Å². The number of aromatic nitrogens is 4. The first-order chi connectivity index (χ1) is 25.1. The minimum atomic E-state index is 0.558. The lowest BCUT2D eigenvalue weighted by Gasteiger charge is -2.19. The summed E-state index contributed by atoms with van der Waals surface area (Å²) in [6, 6.07) is 54.4. The highest BCUT2D eigenvalue weighted by atomic mass is 16.3. The maximum Gasteiger partial charge on any atom is 0.165 e. The van der Waals surface area contributed by atoms with E-state index in [1.54, 1.807) is 0 Å². The Labute approximate surface area is 296 Å². The van der Waals surface area contributed by atoms with Crippen molar-refractivity contribution >= 4 is 21.9 Å². The zero-order valence-electron chi connectivity index (χ0n) is 28.2. The van der Waals surface area contributed by atoms with E-state index >= 15 is 0 Å². The van der Waals surface area contributed by atoms with Crippen molar-refractivity contribution < 1.29 is 4.42 Å². The number of aryl methyl sites for hydroxylation is 2. The van der Waals surface area contributed by atoms with E-state index in [1.807, 2.05) is 62.4 Å². The van der Waals surface area contributed by atoms with Gasteiger partial charge in [0.1, 0.15) is 11.2 Å². The van der Waals surface area contributed by atoms with Gasteiger partial charge in [-0.1, -0.05) is 115 Å². The summed E-state index contributed by atoms with van der Waals surface area (Å²) in [7, 11) is 0. The molecule has 0 aliphatic rings. The van der Waals surface area contributed by atoms with Gasteiger partial charge in [-0.05, 0) is 89.7 Å². The number of pyridine rings is 1. The van der Waals surface area contributed by atoms with Gasteiger partial charge in [0.05, 0.1) is 0 Å². The molecule has 0 amide bonds. The van der Waals surface area contributed by atoms with Gasteiger partial charge in [-0.15, -0.1) is 0 Å². The molecular formula is C46H32N4O. The lowest BCUT2D eigenvalue weighted by atomic mass is 9.87. The van der Waals surface area contributed by atoms with E-state index in [-0.39, 0.29) is 0 Å². The molecule has 0 spiro atoms. The Bertz CT molecular complexity index is 2640. The van der Waals surface area contributed by atoms with E-state index in [0.717, 1.165) is 83.4 Å². The highest BCUT2D eigenvalue weighted by molar-refractivity contribution is 6.05. The van der Waals surface area contributed by atoms with Crippen LogP contribution in [0, 0.1) is 13.8 Å². The Morgan fingerprint density at radius 1 is 0.373 bits per heavy atom. The molecule has 0 N–H and O–H groups in total. The Hall–Kier alpha value is -6.72. The second-order valence-electron chi connectivity index (χ2n) is 12.7. The van der Waals surface area contributed by atoms with Gasteiger partial charge in [-0.2, -0.15) is 0 Å². The largest absolute Gasteiger partial charge is 0.456 e. The Balaban J connectivity index is 1.36. The van der Waals surface area contributed by atoms with Crippen LogP contribution in [0.2, 0.25) is 0 Å². The molecule has 0 aliphatic heterocycles. The van der Waals surface area contributed by atoms with Crippen LogP contribution in [0.4, 0.5) is 0 Å². The second kappa shape index (κ2) is 12.6. The predicted molar refractivity (Wildman–Crippen MR) is 207 cm³/mol. The summed E-state index contributed by atoms with van der Waals surface area (Å²) < 4.78 is 6.30. The molecule has 0 radical (unpaired) electrons. The Morgan fingerprint density at radius 3 is 1.61 bits per heavy atom. The van der Waals surface area contributed by atoms with Crippen LogP contribution in [-0.4, -0.2) is 19.9 Å². The zero-order chi connectivity index (χ0) is 34.3. The number of nitrogens with zero attached hydrogens (tertiary/aromatic N) is 4. The van der Waals surface area contributed by atoms with Crippen LogP contribution in [0.3, 0.4) is 0 Å². The van der Waals surface area contributed by atoms with Crippen molar-refractivity contribution in [3.8, 4) is 67.5 Å². The van der Waals surface area contributed by atoms with Gasteiger partial charge in [0, 0.05) is 38.9 Å². The number of fused-ring (bicyclic) bond motifs is 3.